The topological polar surface area (TPSA) is 79.8 Å². The van der Waals surface area contributed by atoms with Gasteiger partial charge in [-0.3, -0.25) is 4.79 Å². The third-order valence-corrected chi connectivity index (χ3v) is 4.10. The number of hydrogen-bond acceptors (Lipinski definition) is 4. The minimum absolute atomic E-state index is 0.376. The van der Waals surface area contributed by atoms with E-state index in [1.807, 2.05) is 12.1 Å². The number of amides is 1. The molecule has 1 aliphatic heterocycles. The standard InChI is InChI=1S/C18H20N4O/c19-18(23)16-5-1-2-6-17(16)22-21-15-9-7-13(8-10-15)14-4-3-11-20-12-14/h1-2,5-10,14,20H,3-4,11-12H2,(H2,19,23). The van der Waals surface area contributed by atoms with E-state index in [1.165, 1.54) is 18.4 Å². The Morgan fingerprint density at radius 1 is 1.09 bits per heavy atom. The molecule has 23 heavy (non-hydrogen) atoms. The Kier molecular flexibility index (Phi) is 4.78. The predicted molar refractivity (Wildman–Crippen MR) is 90.4 cm³/mol. The highest BCUT2D eigenvalue weighted by Gasteiger charge is 2.14. The van der Waals surface area contributed by atoms with Crippen molar-refractivity contribution in [2.45, 2.75) is 18.8 Å². The molecule has 2 aromatic rings. The summed E-state index contributed by atoms with van der Waals surface area (Å²) in [7, 11) is 0. The molecular weight excluding hydrogens is 288 g/mol. The maximum Gasteiger partial charge on any atom is 0.250 e. The number of carbonyl (C=O) groups excluding carboxylic acids is 1. The average molecular weight is 308 g/mol. The summed E-state index contributed by atoms with van der Waals surface area (Å²) in [5.41, 5.74) is 8.29. The molecule has 1 aliphatic rings. The maximum absolute atomic E-state index is 11.4. The number of carbonyl (C=O) groups is 1. The first-order valence-electron chi connectivity index (χ1n) is 7.85. The summed E-state index contributed by atoms with van der Waals surface area (Å²) in [4.78, 5) is 11.4. The monoisotopic (exact) mass is 308 g/mol. The van der Waals surface area contributed by atoms with Gasteiger partial charge in [0.25, 0.3) is 5.91 Å². The molecule has 0 saturated carbocycles. The fourth-order valence-electron chi connectivity index (χ4n) is 2.83. The van der Waals surface area contributed by atoms with Crippen molar-refractivity contribution in [2.24, 2.45) is 16.0 Å². The van der Waals surface area contributed by atoms with Crippen LogP contribution in [0.15, 0.2) is 58.8 Å². The van der Waals surface area contributed by atoms with Gasteiger partial charge in [-0.1, -0.05) is 24.3 Å². The number of piperidine rings is 1. The summed E-state index contributed by atoms with van der Waals surface area (Å²) >= 11 is 0. The van der Waals surface area contributed by atoms with Crippen molar-refractivity contribution in [3.8, 4) is 0 Å². The van der Waals surface area contributed by atoms with E-state index in [0.29, 0.717) is 17.2 Å². The first-order chi connectivity index (χ1) is 11.2. The molecule has 1 fully saturated rings. The summed E-state index contributed by atoms with van der Waals surface area (Å²) in [6.45, 7) is 2.15. The van der Waals surface area contributed by atoms with E-state index in [1.54, 1.807) is 24.3 Å². The predicted octanol–water partition coefficient (Wildman–Crippen LogP) is 3.67. The molecule has 3 N–H and O–H groups in total. The Hall–Kier alpha value is -2.53. The van der Waals surface area contributed by atoms with E-state index >= 15 is 0 Å². The number of nitrogens with zero attached hydrogens (tertiary/aromatic N) is 2. The molecule has 3 rings (SSSR count). The number of benzene rings is 2. The van der Waals surface area contributed by atoms with Crippen LogP contribution >= 0.6 is 0 Å². The number of primary amides is 1. The highest BCUT2D eigenvalue weighted by atomic mass is 16.1. The SMILES string of the molecule is NC(=O)c1ccccc1N=Nc1ccc(C2CCCNC2)cc1. The lowest BCUT2D eigenvalue weighted by atomic mass is 9.92. The fourth-order valence-corrected chi connectivity index (χ4v) is 2.83. The van der Waals surface area contributed by atoms with Gasteiger partial charge in [-0.15, -0.1) is 5.11 Å². The summed E-state index contributed by atoms with van der Waals surface area (Å²) in [5.74, 6) is 0.0741. The van der Waals surface area contributed by atoms with Crippen LogP contribution < -0.4 is 11.1 Å². The van der Waals surface area contributed by atoms with Crippen LogP contribution in [-0.4, -0.2) is 19.0 Å². The summed E-state index contributed by atoms with van der Waals surface area (Å²) in [6.07, 6.45) is 2.44. The van der Waals surface area contributed by atoms with Crippen molar-refractivity contribution in [1.82, 2.24) is 5.32 Å². The summed E-state index contributed by atoms with van der Waals surface area (Å²) in [6, 6.07) is 15.1. The first kappa shape index (κ1) is 15.4. The lowest BCUT2D eigenvalue weighted by molar-refractivity contribution is 0.100. The number of hydrogen-bond donors (Lipinski definition) is 2. The highest BCUT2D eigenvalue weighted by molar-refractivity contribution is 5.97. The number of rotatable bonds is 4. The van der Waals surface area contributed by atoms with Crippen LogP contribution in [0.4, 0.5) is 11.4 Å². The van der Waals surface area contributed by atoms with E-state index in [2.05, 4.69) is 27.7 Å². The van der Waals surface area contributed by atoms with Crippen molar-refractivity contribution in [1.29, 1.82) is 0 Å². The minimum atomic E-state index is -0.500. The Morgan fingerprint density at radius 2 is 1.87 bits per heavy atom. The number of nitrogens with one attached hydrogen (secondary N) is 1. The van der Waals surface area contributed by atoms with E-state index < -0.39 is 5.91 Å². The van der Waals surface area contributed by atoms with Gasteiger partial charge < -0.3 is 11.1 Å². The first-order valence-corrected chi connectivity index (χ1v) is 7.85. The zero-order valence-corrected chi connectivity index (χ0v) is 12.9. The van der Waals surface area contributed by atoms with Crippen LogP contribution in [0.2, 0.25) is 0 Å². The van der Waals surface area contributed by atoms with Crippen LogP contribution in [-0.2, 0) is 0 Å². The minimum Gasteiger partial charge on any atom is -0.366 e. The van der Waals surface area contributed by atoms with E-state index in [9.17, 15) is 4.79 Å². The molecule has 2 aromatic carbocycles. The van der Waals surface area contributed by atoms with Gasteiger partial charge in [0.05, 0.1) is 16.9 Å². The highest BCUT2D eigenvalue weighted by Crippen LogP contribution is 2.26. The Labute approximate surface area is 135 Å². The smallest absolute Gasteiger partial charge is 0.250 e. The largest absolute Gasteiger partial charge is 0.366 e. The zero-order chi connectivity index (χ0) is 16.1. The van der Waals surface area contributed by atoms with Gasteiger partial charge in [0, 0.05) is 6.54 Å². The van der Waals surface area contributed by atoms with Gasteiger partial charge in [0.15, 0.2) is 0 Å². The van der Waals surface area contributed by atoms with Gasteiger partial charge >= 0.3 is 0 Å². The van der Waals surface area contributed by atoms with E-state index in [0.717, 1.165) is 18.8 Å². The molecule has 1 heterocycles. The van der Waals surface area contributed by atoms with Gasteiger partial charge in [-0.25, -0.2) is 0 Å². The Morgan fingerprint density at radius 3 is 2.57 bits per heavy atom. The lowest BCUT2D eigenvalue weighted by Gasteiger charge is -2.23. The second kappa shape index (κ2) is 7.15. The Bertz CT molecular complexity index is 703. The number of nitrogens with two attached hydrogens (primary N) is 1. The number of azo groups is 1. The molecule has 0 spiro atoms. The molecule has 0 aliphatic carbocycles. The van der Waals surface area contributed by atoms with Crippen molar-refractivity contribution in [2.75, 3.05) is 13.1 Å². The van der Waals surface area contributed by atoms with Crippen LogP contribution in [0.25, 0.3) is 0 Å². The molecule has 1 amide bonds. The van der Waals surface area contributed by atoms with Gasteiger partial charge in [0.1, 0.15) is 0 Å². The van der Waals surface area contributed by atoms with Crippen LogP contribution in [0.1, 0.15) is 34.7 Å². The molecule has 5 nitrogen and oxygen atoms in total. The van der Waals surface area contributed by atoms with E-state index in [-0.39, 0.29) is 0 Å². The summed E-state index contributed by atoms with van der Waals surface area (Å²) in [5, 5.41) is 11.8. The van der Waals surface area contributed by atoms with Crippen molar-refractivity contribution < 1.29 is 4.79 Å². The van der Waals surface area contributed by atoms with Crippen LogP contribution in [0.3, 0.4) is 0 Å². The van der Waals surface area contributed by atoms with Gasteiger partial charge in [-0.05, 0) is 55.1 Å². The molecule has 1 atom stereocenters. The second-order valence-electron chi connectivity index (χ2n) is 5.72. The zero-order valence-electron chi connectivity index (χ0n) is 12.9. The van der Waals surface area contributed by atoms with Crippen molar-refractivity contribution in [3.63, 3.8) is 0 Å². The van der Waals surface area contributed by atoms with Crippen LogP contribution in [0.5, 0.6) is 0 Å². The normalized spacial score (nSPS) is 18.2. The summed E-state index contributed by atoms with van der Waals surface area (Å²) < 4.78 is 0. The maximum atomic E-state index is 11.4. The molecule has 0 bridgehead atoms. The van der Waals surface area contributed by atoms with Crippen molar-refractivity contribution in [3.05, 3.63) is 59.7 Å². The van der Waals surface area contributed by atoms with Crippen LogP contribution in [0, 0.1) is 0 Å². The molecule has 1 saturated heterocycles. The second-order valence-corrected chi connectivity index (χ2v) is 5.72. The molecule has 5 heteroatoms. The molecular formula is C18H20N4O. The van der Waals surface area contributed by atoms with E-state index in [4.69, 9.17) is 5.73 Å². The fraction of sp³-hybridized carbons (Fsp3) is 0.278. The quantitative estimate of drug-likeness (QED) is 0.845. The lowest BCUT2D eigenvalue weighted by Crippen LogP contribution is -2.28. The molecule has 1 unspecified atom stereocenters. The average Bonchev–Trinajstić information content (AvgIpc) is 2.61. The Balaban J connectivity index is 1.74. The third-order valence-electron chi connectivity index (χ3n) is 4.10. The molecule has 0 radical (unpaired) electrons. The van der Waals surface area contributed by atoms with Gasteiger partial charge in [0.2, 0.25) is 0 Å². The third kappa shape index (κ3) is 3.81. The van der Waals surface area contributed by atoms with Gasteiger partial charge in [-0.2, -0.15) is 5.11 Å². The van der Waals surface area contributed by atoms with Crippen molar-refractivity contribution >= 4 is 17.3 Å². The molecule has 0 aromatic heterocycles. The molecule has 118 valence electrons.